The van der Waals surface area contributed by atoms with Crippen molar-refractivity contribution in [3.8, 4) is 11.3 Å². The molecule has 0 bridgehead atoms. The summed E-state index contributed by atoms with van der Waals surface area (Å²) in [7, 11) is 0. The van der Waals surface area contributed by atoms with Gasteiger partial charge in [-0.1, -0.05) is 0 Å². The lowest BCUT2D eigenvalue weighted by Gasteiger charge is -2.01. The van der Waals surface area contributed by atoms with Crippen LogP contribution in [0.2, 0.25) is 0 Å². The van der Waals surface area contributed by atoms with Gasteiger partial charge in [-0.05, 0) is 28.1 Å². The first-order chi connectivity index (χ1) is 8.24. The zero-order valence-electron chi connectivity index (χ0n) is 8.58. The average Bonchev–Trinajstić information content (AvgIpc) is 2.72. The van der Waals surface area contributed by atoms with Crippen molar-refractivity contribution in [2.75, 3.05) is 5.73 Å². The predicted octanol–water partition coefficient (Wildman–Crippen LogP) is 1.53. The van der Waals surface area contributed by atoms with E-state index in [9.17, 15) is 0 Å². The number of fused-ring (bicyclic) bond motifs is 1. The molecule has 3 rings (SSSR count). The second-order valence-corrected chi connectivity index (χ2v) is 4.21. The summed E-state index contributed by atoms with van der Waals surface area (Å²) in [5.74, 6) is 0.249. The van der Waals surface area contributed by atoms with Gasteiger partial charge in [-0.2, -0.15) is 5.10 Å². The van der Waals surface area contributed by atoms with Crippen molar-refractivity contribution in [3.05, 3.63) is 35.3 Å². The topological polar surface area (TPSA) is 82.0 Å². The van der Waals surface area contributed by atoms with E-state index in [1.165, 1.54) is 0 Å². The highest BCUT2D eigenvalue weighted by molar-refractivity contribution is 9.10. The van der Waals surface area contributed by atoms with Crippen LogP contribution in [0.4, 0.5) is 5.95 Å². The molecule has 3 aromatic rings. The third-order valence-corrected chi connectivity index (χ3v) is 2.83. The summed E-state index contributed by atoms with van der Waals surface area (Å²) in [6.07, 6.45) is 4.98. The van der Waals surface area contributed by atoms with Gasteiger partial charge in [0, 0.05) is 18.0 Å². The summed E-state index contributed by atoms with van der Waals surface area (Å²) in [6.45, 7) is 0. The molecule has 84 valence electrons. The molecular formula is C10H7BrN6. The maximum absolute atomic E-state index is 5.44. The molecule has 0 amide bonds. The smallest absolute Gasteiger partial charge is 0.219 e. The van der Waals surface area contributed by atoms with Gasteiger partial charge in [-0.3, -0.25) is 0 Å². The van der Waals surface area contributed by atoms with Gasteiger partial charge in [0.2, 0.25) is 5.95 Å². The SMILES string of the molecule is Nc1ncc(-c2ccc3ncc(Br)n3n2)cn1. The minimum Gasteiger partial charge on any atom is -0.368 e. The van der Waals surface area contributed by atoms with Gasteiger partial charge in [0.25, 0.3) is 0 Å². The molecule has 0 fully saturated rings. The van der Waals surface area contributed by atoms with Gasteiger partial charge in [-0.25, -0.2) is 19.5 Å². The first-order valence-corrected chi connectivity index (χ1v) is 5.61. The van der Waals surface area contributed by atoms with Crippen molar-refractivity contribution in [1.29, 1.82) is 0 Å². The molecule has 17 heavy (non-hydrogen) atoms. The maximum Gasteiger partial charge on any atom is 0.219 e. The number of hydrogen-bond acceptors (Lipinski definition) is 5. The van der Waals surface area contributed by atoms with E-state index >= 15 is 0 Å². The largest absolute Gasteiger partial charge is 0.368 e. The van der Waals surface area contributed by atoms with Crippen LogP contribution in [-0.4, -0.2) is 24.6 Å². The van der Waals surface area contributed by atoms with E-state index in [-0.39, 0.29) is 5.95 Å². The fraction of sp³-hybridized carbons (Fsp3) is 0. The number of nitrogen functional groups attached to an aromatic ring is 1. The van der Waals surface area contributed by atoms with Crippen LogP contribution >= 0.6 is 15.9 Å². The van der Waals surface area contributed by atoms with Gasteiger partial charge in [-0.15, -0.1) is 0 Å². The van der Waals surface area contributed by atoms with Crippen LogP contribution in [0.5, 0.6) is 0 Å². The quantitative estimate of drug-likeness (QED) is 0.735. The van der Waals surface area contributed by atoms with Crippen molar-refractivity contribution < 1.29 is 0 Å². The van der Waals surface area contributed by atoms with Crippen LogP contribution in [0.15, 0.2) is 35.3 Å². The second kappa shape index (κ2) is 3.77. The average molecular weight is 291 g/mol. The molecule has 3 heterocycles. The van der Waals surface area contributed by atoms with E-state index < -0.39 is 0 Å². The Kier molecular flexibility index (Phi) is 2.25. The Hall–Kier alpha value is -2.02. The van der Waals surface area contributed by atoms with Crippen LogP contribution in [0, 0.1) is 0 Å². The Balaban J connectivity index is 2.17. The second-order valence-electron chi connectivity index (χ2n) is 3.40. The van der Waals surface area contributed by atoms with E-state index in [0.29, 0.717) is 0 Å². The van der Waals surface area contributed by atoms with Crippen molar-refractivity contribution >= 4 is 27.5 Å². The molecule has 0 aliphatic rings. The summed E-state index contributed by atoms with van der Waals surface area (Å²) in [5, 5.41) is 4.42. The monoisotopic (exact) mass is 290 g/mol. The highest BCUT2D eigenvalue weighted by Crippen LogP contribution is 2.18. The zero-order valence-corrected chi connectivity index (χ0v) is 10.2. The molecule has 7 heteroatoms. The summed E-state index contributed by atoms with van der Waals surface area (Å²) < 4.78 is 2.50. The molecule has 2 N–H and O–H groups in total. The number of nitrogens with zero attached hydrogens (tertiary/aromatic N) is 5. The first-order valence-electron chi connectivity index (χ1n) is 4.82. The third-order valence-electron chi connectivity index (χ3n) is 2.29. The van der Waals surface area contributed by atoms with E-state index in [1.54, 1.807) is 23.1 Å². The summed E-state index contributed by atoms with van der Waals surface area (Å²) >= 11 is 3.37. The molecule has 0 aliphatic carbocycles. The van der Waals surface area contributed by atoms with Crippen LogP contribution in [-0.2, 0) is 0 Å². The molecule has 0 atom stereocenters. The normalized spacial score (nSPS) is 10.9. The van der Waals surface area contributed by atoms with E-state index in [0.717, 1.165) is 21.5 Å². The first kappa shape index (κ1) is 10.2. The van der Waals surface area contributed by atoms with Gasteiger partial charge in [0.15, 0.2) is 5.65 Å². The van der Waals surface area contributed by atoms with E-state index in [1.807, 2.05) is 12.1 Å². The van der Waals surface area contributed by atoms with Crippen LogP contribution in [0.25, 0.3) is 16.9 Å². The number of anilines is 1. The van der Waals surface area contributed by atoms with Crippen molar-refractivity contribution in [3.63, 3.8) is 0 Å². The number of halogens is 1. The molecular weight excluding hydrogens is 284 g/mol. The Morgan fingerprint density at radius 1 is 1.06 bits per heavy atom. The standard InChI is InChI=1S/C10H7BrN6/c11-8-5-13-9-2-1-7(16-17(8)9)6-3-14-10(12)15-4-6/h1-5H,(H2,12,14,15). The molecule has 3 aromatic heterocycles. The highest BCUT2D eigenvalue weighted by Gasteiger charge is 2.05. The number of nitrogens with two attached hydrogens (primary N) is 1. The lowest BCUT2D eigenvalue weighted by molar-refractivity contribution is 0.920. The van der Waals surface area contributed by atoms with Crippen LogP contribution in [0.3, 0.4) is 0 Å². The Labute approximate surface area is 105 Å². The molecule has 0 aromatic carbocycles. The Bertz CT molecular complexity index is 675. The van der Waals surface area contributed by atoms with Crippen molar-refractivity contribution in [1.82, 2.24) is 24.6 Å². The minimum absolute atomic E-state index is 0.249. The summed E-state index contributed by atoms with van der Waals surface area (Å²) in [6, 6.07) is 3.74. The molecule has 0 unspecified atom stereocenters. The molecule has 0 radical (unpaired) electrons. The predicted molar refractivity (Wildman–Crippen MR) is 66.1 cm³/mol. The van der Waals surface area contributed by atoms with Crippen LogP contribution in [0.1, 0.15) is 0 Å². The van der Waals surface area contributed by atoms with Gasteiger partial charge in [0.05, 0.1) is 11.9 Å². The minimum atomic E-state index is 0.249. The van der Waals surface area contributed by atoms with Gasteiger partial charge in [0.1, 0.15) is 4.60 Å². The molecule has 6 nitrogen and oxygen atoms in total. The Morgan fingerprint density at radius 3 is 2.59 bits per heavy atom. The zero-order chi connectivity index (χ0) is 11.8. The number of hydrogen-bond donors (Lipinski definition) is 1. The van der Waals surface area contributed by atoms with Crippen molar-refractivity contribution in [2.24, 2.45) is 0 Å². The number of rotatable bonds is 1. The number of imidazole rings is 1. The molecule has 0 spiro atoms. The van der Waals surface area contributed by atoms with Crippen molar-refractivity contribution in [2.45, 2.75) is 0 Å². The molecule has 0 aliphatic heterocycles. The maximum atomic E-state index is 5.44. The Morgan fingerprint density at radius 2 is 1.82 bits per heavy atom. The summed E-state index contributed by atoms with van der Waals surface area (Å²) in [5.41, 5.74) is 7.78. The molecule has 0 saturated carbocycles. The molecule has 0 saturated heterocycles. The fourth-order valence-electron chi connectivity index (χ4n) is 1.47. The van der Waals surface area contributed by atoms with Gasteiger partial charge < -0.3 is 5.73 Å². The third kappa shape index (κ3) is 1.74. The lowest BCUT2D eigenvalue weighted by atomic mass is 10.2. The number of aromatic nitrogens is 5. The van der Waals surface area contributed by atoms with E-state index in [2.05, 4.69) is 36.0 Å². The van der Waals surface area contributed by atoms with Gasteiger partial charge >= 0.3 is 0 Å². The van der Waals surface area contributed by atoms with Crippen LogP contribution < -0.4 is 5.73 Å². The highest BCUT2D eigenvalue weighted by atomic mass is 79.9. The fourth-order valence-corrected chi connectivity index (χ4v) is 1.83. The van der Waals surface area contributed by atoms with E-state index in [4.69, 9.17) is 5.73 Å². The summed E-state index contributed by atoms with van der Waals surface area (Å²) in [4.78, 5) is 12.0. The lowest BCUT2D eigenvalue weighted by Crippen LogP contribution is -1.97.